The number of nitrogen functional groups attached to an aromatic ring is 1. The number of alkyl halides is 1. The highest BCUT2D eigenvalue weighted by Crippen LogP contribution is 2.74. The maximum absolute atomic E-state index is 6.69. The maximum Gasteiger partial charge on any atom is 0.137 e. The Kier molecular flexibility index (Phi) is 5.94. The van der Waals surface area contributed by atoms with E-state index >= 15 is 0 Å². The summed E-state index contributed by atoms with van der Waals surface area (Å²) in [7, 11) is 0. The molecule has 0 radical (unpaired) electrons. The number of nitrogens with two attached hydrogens (primary N) is 1. The fourth-order valence-corrected chi connectivity index (χ4v) is 10.8. The number of rotatable bonds is 4. The lowest BCUT2D eigenvalue weighted by molar-refractivity contribution is 0.385. The first-order valence-corrected chi connectivity index (χ1v) is 18.1. The Morgan fingerprint density at radius 1 is 0.957 bits per heavy atom. The molecular formula is C42H35IN4. The second kappa shape index (κ2) is 10.1. The summed E-state index contributed by atoms with van der Waals surface area (Å²) < 4.78 is 2.88. The van der Waals surface area contributed by atoms with Crippen molar-refractivity contribution >= 4 is 62.4 Å². The van der Waals surface area contributed by atoms with Crippen molar-refractivity contribution in [3.05, 3.63) is 149 Å². The van der Waals surface area contributed by atoms with E-state index in [9.17, 15) is 0 Å². The third-order valence-electron chi connectivity index (χ3n) is 11.6. The van der Waals surface area contributed by atoms with Gasteiger partial charge in [-0.2, -0.15) is 0 Å². The van der Waals surface area contributed by atoms with Crippen molar-refractivity contribution in [1.82, 2.24) is 9.55 Å². The molecule has 230 valence electrons. The van der Waals surface area contributed by atoms with Crippen LogP contribution in [0.2, 0.25) is 0 Å². The minimum Gasteiger partial charge on any atom is -0.396 e. The molecule has 4 nitrogen and oxygen atoms in total. The van der Waals surface area contributed by atoms with Crippen molar-refractivity contribution in [2.75, 3.05) is 10.6 Å². The fourth-order valence-electron chi connectivity index (χ4n) is 10.1. The molecule has 1 spiro atoms. The monoisotopic (exact) mass is 722 g/mol. The van der Waals surface area contributed by atoms with E-state index in [4.69, 9.17) is 10.7 Å². The van der Waals surface area contributed by atoms with E-state index in [1.807, 2.05) is 24.4 Å². The summed E-state index contributed by atoms with van der Waals surface area (Å²) in [6.07, 6.45) is 16.5. The summed E-state index contributed by atoms with van der Waals surface area (Å²) in [6, 6.07) is 29.0. The number of para-hydroxylation sites is 2. The second-order valence-corrected chi connectivity index (χ2v) is 15.4. The lowest BCUT2D eigenvalue weighted by Crippen LogP contribution is -2.40. The Morgan fingerprint density at radius 2 is 1.81 bits per heavy atom. The van der Waals surface area contributed by atoms with Crippen molar-refractivity contribution in [3.8, 4) is 5.69 Å². The number of hydrogen-bond donors (Lipinski definition) is 1. The molecule has 0 saturated carbocycles. The average Bonchev–Trinajstić information content (AvgIpc) is 3.69. The minimum absolute atomic E-state index is 0.0803. The zero-order valence-corrected chi connectivity index (χ0v) is 28.3. The van der Waals surface area contributed by atoms with Crippen LogP contribution in [0.25, 0.3) is 22.7 Å². The van der Waals surface area contributed by atoms with Crippen LogP contribution in [0.15, 0.2) is 127 Å². The number of halogens is 1. The number of fused-ring (bicyclic) bond motifs is 4. The van der Waals surface area contributed by atoms with Crippen LogP contribution < -0.4 is 10.6 Å². The second-order valence-electron chi connectivity index (χ2n) is 13.6. The first-order chi connectivity index (χ1) is 23.1. The lowest BCUT2D eigenvalue weighted by atomic mass is 9.61. The molecule has 4 atom stereocenters. The van der Waals surface area contributed by atoms with Crippen LogP contribution in [0.5, 0.6) is 0 Å². The molecule has 47 heavy (non-hydrogen) atoms. The summed E-state index contributed by atoms with van der Waals surface area (Å²) in [4.78, 5) is 7.67. The van der Waals surface area contributed by atoms with E-state index < -0.39 is 0 Å². The fraction of sp³-hybridized carbons (Fsp3) is 0.214. The molecule has 10 rings (SSSR count). The predicted molar refractivity (Wildman–Crippen MR) is 202 cm³/mol. The van der Waals surface area contributed by atoms with E-state index in [1.165, 1.54) is 49.0 Å². The highest BCUT2D eigenvalue weighted by atomic mass is 127. The van der Waals surface area contributed by atoms with Crippen LogP contribution in [-0.4, -0.2) is 13.5 Å². The van der Waals surface area contributed by atoms with Gasteiger partial charge in [0.15, 0.2) is 0 Å². The van der Waals surface area contributed by atoms with Gasteiger partial charge in [-0.25, -0.2) is 4.98 Å². The molecule has 5 aliphatic rings. The van der Waals surface area contributed by atoms with E-state index in [0.717, 1.165) is 33.8 Å². The van der Waals surface area contributed by atoms with Gasteiger partial charge in [0.1, 0.15) is 5.82 Å². The number of nitrogens with zero attached hydrogens (tertiary/aromatic N) is 3. The number of benzene rings is 3. The van der Waals surface area contributed by atoms with Gasteiger partial charge in [-0.05, 0) is 108 Å². The molecule has 2 aromatic heterocycles. The van der Waals surface area contributed by atoms with E-state index in [-0.39, 0.29) is 5.41 Å². The van der Waals surface area contributed by atoms with Gasteiger partial charge >= 0.3 is 0 Å². The Morgan fingerprint density at radius 3 is 2.68 bits per heavy atom. The molecule has 0 fully saturated rings. The minimum atomic E-state index is -0.0803. The van der Waals surface area contributed by atoms with Gasteiger partial charge < -0.3 is 10.3 Å². The highest BCUT2D eigenvalue weighted by Gasteiger charge is 2.65. The quantitative estimate of drug-likeness (QED) is 0.114. The number of allylic oxidation sites excluding steroid dienone is 6. The van der Waals surface area contributed by atoms with Crippen LogP contribution in [0.1, 0.15) is 60.4 Å². The number of hydrogen-bond acceptors (Lipinski definition) is 3. The van der Waals surface area contributed by atoms with Crippen LogP contribution in [-0.2, 0) is 5.41 Å². The van der Waals surface area contributed by atoms with Crippen LogP contribution in [0, 0.1) is 5.92 Å². The van der Waals surface area contributed by atoms with Gasteiger partial charge in [-0.1, -0.05) is 95.9 Å². The standard InChI is InChI=1S/C42H35IN4/c1-2-3-15-37-41(44)31-10-4-6-16-34(31)46(37)26-20-22-38(45-24-26)47-35-17-7-5-14-32(35)42-33-23-25(43)19-21-27(33)28-11-8-12-29(39(28)42)30-13-9-18-36(47)40(30)42/h2-7,9-11,13-18,20,22,24-25,29,39H,1,8,12,19,21,23,44H2/b15-3-/t25-,29+,39?,42?/m0/s1. The Hall–Kier alpha value is -4.36. The highest BCUT2D eigenvalue weighted by molar-refractivity contribution is 14.1. The molecule has 5 heteroatoms. The largest absolute Gasteiger partial charge is 0.396 e. The first kappa shape index (κ1) is 27.7. The van der Waals surface area contributed by atoms with Gasteiger partial charge in [0.2, 0.25) is 0 Å². The van der Waals surface area contributed by atoms with Gasteiger partial charge in [0, 0.05) is 15.2 Å². The molecule has 0 saturated heterocycles. The smallest absolute Gasteiger partial charge is 0.137 e. The summed E-state index contributed by atoms with van der Waals surface area (Å²) in [5.74, 6) is 2.00. The average molecular weight is 723 g/mol. The third-order valence-corrected chi connectivity index (χ3v) is 12.7. The third kappa shape index (κ3) is 3.50. The SMILES string of the molecule is C=C/C=C\c1c(N)c2ccccc2n1-c1ccc(N2c3ccccc3C34C5=C(CC[C@H](I)C5)C5=CCC[C@H](c6cccc2c63)C54)nc1. The molecule has 0 bridgehead atoms. The van der Waals surface area contributed by atoms with Gasteiger partial charge in [-0.15, -0.1) is 0 Å². The zero-order chi connectivity index (χ0) is 31.4. The maximum atomic E-state index is 6.69. The summed E-state index contributed by atoms with van der Waals surface area (Å²) in [5, 5.41) is 1.03. The van der Waals surface area contributed by atoms with Crippen molar-refractivity contribution in [2.45, 2.75) is 47.4 Å². The Balaban J connectivity index is 1.18. The number of aromatic nitrogens is 2. The molecular weight excluding hydrogens is 687 g/mol. The van der Waals surface area contributed by atoms with E-state index in [2.05, 4.69) is 118 Å². The van der Waals surface area contributed by atoms with Crippen molar-refractivity contribution in [2.24, 2.45) is 5.92 Å². The Bertz CT molecular complexity index is 2250. The van der Waals surface area contributed by atoms with Crippen molar-refractivity contribution < 1.29 is 0 Å². The summed E-state index contributed by atoms with van der Waals surface area (Å²) in [5.41, 5.74) is 22.6. The number of pyridine rings is 1. The van der Waals surface area contributed by atoms with Crippen molar-refractivity contribution in [3.63, 3.8) is 0 Å². The molecule has 2 N–H and O–H groups in total. The van der Waals surface area contributed by atoms with Crippen LogP contribution >= 0.6 is 22.6 Å². The van der Waals surface area contributed by atoms with Gasteiger partial charge in [0.05, 0.1) is 45.6 Å². The number of anilines is 4. The molecule has 5 aromatic rings. The van der Waals surface area contributed by atoms with Crippen LogP contribution in [0.3, 0.4) is 0 Å². The molecule has 1 aliphatic heterocycles. The van der Waals surface area contributed by atoms with E-state index in [1.54, 1.807) is 33.9 Å². The van der Waals surface area contributed by atoms with Crippen LogP contribution in [0.4, 0.5) is 22.9 Å². The summed E-state index contributed by atoms with van der Waals surface area (Å²) in [6.45, 7) is 3.88. The van der Waals surface area contributed by atoms with E-state index in [0.29, 0.717) is 15.8 Å². The normalized spacial score (nSPS) is 25.1. The molecule has 2 unspecified atom stereocenters. The molecule has 3 aromatic carbocycles. The lowest BCUT2D eigenvalue weighted by Gasteiger charge is -2.46. The zero-order valence-electron chi connectivity index (χ0n) is 26.2. The topological polar surface area (TPSA) is 47.1 Å². The van der Waals surface area contributed by atoms with Gasteiger partial charge in [-0.3, -0.25) is 4.90 Å². The first-order valence-electron chi connectivity index (χ1n) is 16.9. The van der Waals surface area contributed by atoms with Gasteiger partial charge in [0.25, 0.3) is 0 Å². The predicted octanol–water partition coefficient (Wildman–Crippen LogP) is 10.6. The molecule has 0 amide bonds. The Labute approximate surface area is 289 Å². The molecule has 3 heterocycles. The molecule has 4 aliphatic carbocycles. The summed E-state index contributed by atoms with van der Waals surface area (Å²) >= 11 is 2.72. The van der Waals surface area contributed by atoms with Crippen molar-refractivity contribution in [1.29, 1.82) is 0 Å².